The van der Waals surface area contributed by atoms with Gasteiger partial charge in [0.25, 0.3) is 5.62 Å². The van der Waals surface area contributed by atoms with Gasteiger partial charge in [0.1, 0.15) is 5.82 Å². The Bertz CT molecular complexity index is 604. The van der Waals surface area contributed by atoms with E-state index in [0.717, 1.165) is 30.7 Å². The lowest BCUT2D eigenvalue weighted by Gasteiger charge is -2.28. The van der Waals surface area contributed by atoms with Crippen molar-refractivity contribution in [2.45, 2.75) is 33.1 Å². The van der Waals surface area contributed by atoms with Crippen molar-refractivity contribution in [1.82, 2.24) is 9.71 Å². The van der Waals surface area contributed by atoms with Crippen LogP contribution in [0.25, 0.3) is 0 Å². The Morgan fingerprint density at radius 3 is 2.52 bits per heavy atom. The van der Waals surface area contributed by atoms with Crippen molar-refractivity contribution in [1.29, 1.82) is 5.41 Å². The summed E-state index contributed by atoms with van der Waals surface area (Å²) in [5.41, 5.74) is -0.239. The van der Waals surface area contributed by atoms with Gasteiger partial charge in [0.05, 0.1) is 0 Å². The lowest BCUT2D eigenvalue weighted by atomic mass is 10.1. The van der Waals surface area contributed by atoms with Gasteiger partial charge in [-0.15, -0.1) is 4.73 Å². The number of piperidine rings is 1. The molecule has 0 spiro atoms. The van der Waals surface area contributed by atoms with Gasteiger partial charge < -0.3 is 15.1 Å². The number of nitrogens with one attached hydrogen (secondary N) is 2. The number of hydrogen-bond donors (Lipinski definition) is 2. The van der Waals surface area contributed by atoms with Gasteiger partial charge in [0.15, 0.2) is 5.82 Å². The third-order valence-electron chi connectivity index (χ3n) is 3.10. The molecule has 1 aliphatic rings. The summed E-state index contributed by atoms with van der Waals surface area (Å²) in [4.78, 5) is 33.5. The molecule has 21 heavy (non-hydrogen) atoms. The minimum absolute atomic E-state index is 0.221. The summed E-state index contributed by atoms with van der Waals surface area (Å²) in [6.07, 6.45) is 3.33. The summed E-state index contributed by atoms with van der Waals surface area (Å²) >= 11 is 0. The molecule has 0 aliphatic carbocycles. The molecule has 0 unspecified atom stereocenters. The maximum Gasteiger partial charge on any atom is 0.330 e. The molecule has 1 aromatic rings. The van der Waals surface area contributed by atoms with Gasteiger partial charge in [-0.05, 0) is 19.3 Å². The SMILES string of the molecule is CC(=O)Nc1cc(N2CCCCC2)nc(=N)n1OC(C)=O. The van der Waals surface area contributed by atoms with E-state index in [2.05, 4.69) is 15.2 Å². The van der Waals surface area contributed by atoms with Gasteiger partial charge in [0, 0.05) is 33.0 Å². The van der Waals surface area contributed by atoms with Crippen LogP contribution in [0.3, 0.4) is 0 Å². The van der Waals surface area contributed by atoms with Crippen LogP contribution < -0.4 is 20.7 Å². The molecule has 2 heterocycles. The van der Waals surface area contributed by atoms with Gasteiger partial charge in [-0.3, -0.25) is 10.2 Å². The third kappa shape index (κ3) is 3.80. The van der Waals surface area contributed by atoms with E-state index in [0.29, 0.717) is 5.82 Å². The van der Waals surface area contributed by atoms with Crippen LogP contribution in [0, 0.1) is 5.41 Å². The zero-order chi connectivity index (χ0) is 15.4. The highest BCUT2D eigenvalue weighted by molar-refractivity contribution is 5.88. The molecule has 0 radical (unpaired) electrons. The highest BCUT2D eigenvalue weighted by atomic mass is 16.7. The van der Waals surface area contributed by atoms with Crippen LogP contribution >= 0.6 is 0 Å². The Kier molecular flexibility index (Phi) is 4.56. The molecule has 0 bridgehead atoms. The molecule has 114 valence electrons. The molecule has 8 heteroatoms. The van der Waals surface area contributed by atoms with Crippen molar-refractivity contribution >= 4 is 23.5 Å². The smallest absolute Gasteiger partial charge is 0.330 e. The molecule has 1 amide bonds. The third-order valence-corrected chi connectivity index (χ3v) is 3.10. The van der Waals surface area contributed by atoms with E-state index in [1.165, 1.54) is 20.3 Å². The fourth-order valence-corrected chi connectivity index (χ4v) is 2.25. The number of nitrogens with zero attached hydrogens (tertiary/aromatic N) is 3. The monoisotopic (exact) mass is 293 g/mol. The summed E-state index contributed by atoms with van der Waals surface area (Å²) in [6, 6.07) is 1.62. The van der Waals surface area contributed by atoms with Gasteiger partial charge in [-0.2, -0.15) is 4.98 Å². The molecule has 1 saturated heterocycles. The van der Waals surface area contributed by atoms with Gasteiger partial charge in [-0.1, -0.05) is 0 Å². The van der Waals surface area contributed by atoms with Crippen molar-refractivity contribution in [3.63, 3.8) is 0 Å². The Hall–Kier alpha value is -2.38. The highest BCUT2D eigenvalue weighted by Gasteiger charge is 2.16. The van der Waals surface area contributed by atoms with E-state index in [4.69, 9.17) is 10.2 Å². The molecule has 1 aromatic heterocycles. The van der Waals surface area contributed by atoms with Gasteiger partial charge in [-0.25, -0.2) is 4.79 Å². The maximum absolute atomic E-state index is 11.3. The summed E-state index contributed by atoms with van der Waals surface area (Å²) < 4.78 is 0.914. The number of hydrogen-bond acceptors (Lipinski definition) is 6. The van der Waals surface area contributed by atoms with Crippen molar-refractivity contribution in [3.8, 4) is 0 Å². The van der Waals surface area contributed by atoms with E-state index in [1.807, 2.05) is 0 Å². The number of carbonyl (C=O) groups is 2. The average Bonchev–Trinajstić information content (AvgIpc) is 2.42. The van der Waals surface area contributed by atoms with Crippen LogP contribution in [0.5, 0.6) is 0 Å². The second kappa shape index (κ2) is 6.38. The lowest BCUT2D eigenvalue weighted by molar-refractivity contribution is -0.142. The van der Waals surface area contributed by atoms with Crippen LogP contribution in [-0.4, -0.2) is 34.7 Å². The summed E-state index contributed by atoms with van der Waals surface area (Å²) in [5.74, 6) is -0.0798. The first-order chi connectivity index (χ1) is 9.97. The number of amides is 1. The standard InChI is InChI=1S/C13H19N5O3/c1-9(19)15-12-8-11(17-6-4-3-5-7-17)16-13(14)18(12)21-10(2)20/h8,14H,3-7H2,1-2H3,(H,15,19). The van der Waals surface area contributed by atoms with Crippen molar-refractivity contribution < 1.29 is 14.4 Å². The quantitative estimate of drug-likeness (QED) is 0.834. The van der Waals surface area contributed by atoms with Crippen molar-refractivity contribution in [2.75, 3.05) is 23.3 Å². The summed E-state index contributed by atoms with van der Waals surface area (Å²) in [7, 11) is 0. The van der Waals surface area contributed by atoms with Crippen LogP contribution in [0.1, 0.15) is 33.1 Å². The average molecular weight is 293 g/mol. The predicted octanol–water partition coefficient (Wildman–Crippen LogP) is 0.286. The second-order valence-electron chi connectivity index (χ2n) is 4.93. The Balaban J connectivity index is 2.40. The molecular weight excluding hydrogens is 274 g/mol. The molecule has 1 fully saturated rings. The van der Waals surface area contributed by atoms with Crippen molar-refractivity contribution in [3.05, 3.63) is 11.7 Å². The predicted molar refractivity (Wildman–Crippen MR) is 75.7 cm³/mol. The molecule has 2 rings (SSSR count). The van der Waals surface area contributed by atoms with E-state index >= 15 is 0 Å². The number of rotatable bonds is 3. The van der Waals surface area contributed by atoms with Crippen LogP contribution in [-0.2, 0) is 9.59 Å². The van der Waals surface area contributed by atoms with Gasteiger partial charge in [0.2, 0.25) is 5.91 Å². The lowest BCUT2D eigenvalue weighted by Crippen LogP contribution is -2.37. The molecule has 2 N–H and O–H groups in total. The summed E-state index contributed by atoms with van der Waals surface area (Å²) in [6.45, 7) is 4.30. The van der Waals surface area contributed by atoms with E-state index in [-0.39, 0.29) is 17.3 Å². The molecule has 1 aliphatic heterocycles. The van der Waals surface area contributed by atoms with Crippen LogP contribution in [0.15, 0.2) is 6.07 Å². The molecule has 0 aromatic carbocycles. The Labute approximate surface area is 122 Å². The number of anilines is 2. The highest BCUT2D eigenvalue weighted by Crippen LogP contribution is 2.19. The molecule has 0 saturated carbocycles. The van der Waals surface area contributed by atoms with Crippen molar-refractivity contribution in [2.24, 2.45) is 0 Å². The minimum Gasteiger partial charge on any atom is -0.356 e. The zero-order valence-corrected chi connectivity index (χ0v) is 12.2. The number of aromatic nitrogens is 2. The normalized spacial score (nSPS) is 14.7. The Morgan fingerprint density at radius 1 is 1.29 bits per heavy atom. The molecule has 8 nitrogen and oxygen atoms in total. The zero-order valence-electron chi connectivity index (χ0n) is 12.2. The van der Waals surface area contributed by atoms with Crippen LogP contribution in [0.2, 0.25) is 0 Å². The van der Waals surface area contributed by atoms with Gasteiger partial charge >= 0.3 is 5.97 Å². The second-order valence-corrected chi connectivity index (χ2v) is 4.93. The first-order valence-electron chi connectivity index (χ1n) is 6.87. The van der Waals surface area contributed by atoms with E-state index in [9.17, 15) is 9.59 Å². The fourth-order valence-electron chi connectivity index (χ4n) is 2.25. The Morgan fingerprint density at radius 2 is 1.95 bits per heavy atom. The van der Waals surface area contributed by atoms with E-state index < -0.39 is 5.97 Å². The topological polar surface area (TPSA) is 100 Å². The molecule has 0 atom stereocenters. The summed E-state index contributed by atoms with van der Waals surface area (Å²) in [5, 5.41) is 10.5. The maximum atomic E-state index is 11.3. The van der Waals surface area contributed by atoms with E-state index in [1.54, 1.807) is 6.07 Å². The fraction of sp³-hybridized carbons (Fsp3) is 0.538. The van der Waals surface area contributed by atoms with Crippen LogP contribution in [0.4, 0.5) is 11.6 Å². The first kappa shape index (κ1) is 15.0. The number of carbonyl (C=O) groups excluding carboxylic acids is 2. The first-order valence-corrected chi connectivity index (χ1v) is 6.87. The largest absolute Gasteiger partial charge is 0.356 e. The molecular formula is C13H19N5O3. The minimum atomic E-state index is -0.590.